The molecule has 0 aliphatic heterocycles. The van der Waals surface area contributed by atoms with Crippen LogP contribution in [0.25, 0.3) is 22.2 Å². The van der Waals surface area contributed by atoms with Gasteiger partial charge in [0, 0.05) is 15.8 Å². The van der Waals surface area contributed by atoms with Gasteiger partial charge in [0.05, 0.1) is 35.6 Å². The molecule has 1 amide bonds. The SMILES string of the molecule is CCCOc1cccc(-c2cc(C(=O)Nc3sc4c(c3C(=O)OCC)CC[C@H](c3ccccc3)C4)c3ccccc3n2)c1. The topological polar surface area (TPSA) is 77.5 Å². The Balaban J connectivity index is 1.37. The summed E-state index contributed by atoms with van der Waals surface area (Å²) in [7, 11) is 0. The van der Waals surface area contributed by atoms with Crippen LogP contribution in [-0.4, -0.2) is 30.1 Å². The Bertz CT molecular complexity index is 1780. The highest BCUT2D eigenvalue weighted by Gasteiger charge is 2.31. The Kier molecular flexibility index (Phi) is 8.52. The predicted molar refractivity (Wildman–Crippen MR) is 172 cm³/mol. The van der Waals surface area contributed by atoms with Crippen LogP contribution < -0.4 is 10.1 Å². The average Bonchev–Trinajstić information content (AvgIpc) is 3.41. The molecule has 0 saturated heterocycles. The maximum atomic E-state index is 14.0. The molecule has 0 unspecified atom stereocenters. The summed E-state index contributed by atoms with van der Waals surface area (Å²) in [6, 6.07) is 27.7. The number of pyridine rings is 1. The Hall–Kier alpha value is -4.49. The number of hydrogen-bond donors (Lipinski definition) is 1. The summed E-state index contributed by atoms with van der Waals surface area (Å²) in [5, 5.41) is 4.40. The maximum absolute atomic E-state index is 14.0. The number of thiophene rings is 1. The molecule has 7 heteroatoms. The predicted octanol–water partition coefficient (Wildman–Crippen LogP) is 8.45. The summed E-state index contributed by atoms with van der Waals surface area (Å²) < 4.78 is 11.3. The summed E-state index contributed by atoms with van der Waals surface area (Å²) in [5.41, 5.74) is 5.52. The van der Waals surface area contributed by atoms with Gasteiger partial charge >= 0.3 is 5.97 Å². The standard InChI is InChI=1S/C36H34N2O4S/c1-3-19-42-26-14-10-13-25(20-26)31-22-29(27-15-8-9-16-30(27)37-31)34(39)38-35-33(36(40)41-4-2)28-18-17-24(21-32(28)43-35)23-11-6-5-7-12-23/h5-16,20,22,24H,3-4,17-19,21H2,1-2H3,(H,38,39)/t24-/m0/s1. The van der Waals surface area contributed by atoms with Gasteiger partial charge in [0.1, 0.15) is 10.8 Å². The molecule has 1 aliphatic carbocycles. The molecule has 0 saturated carbocycles. The van der Waals surface area contributed by atoms with Crippen molar-refractivity contribution in [3.63, 3.8) is 0 Å². The van der Waals surface area contributed by atoms with E-state index < -0.39 is 5.97 Å². The fraction of sp³-hybridized carbons (Fsp3) is 0.250. The molecule has 43 heavy (non-hydrogen) atoms. The summed E-state index contributed by atoms with van der Waals surface area (Å²) >= 11 is 1.49. The Labute approximate surface area is 255 Å². The van der Waals surface area contributed by atoms with E-state index in [4.69, 9.17) is 14.5 Å². The number of ether oxygens (including phenoxy) is 2. The lowest BCUT2D eigenvalue weighted by Crippen LogP contribution is -2.17. The van der Waals surface area contributed by atoms with Gasteiger partial charge in [-0.05, 0) is 73.9 Å². The first kappa shape index (κ1) is 28.6. The van der Waals surface area contributed by atoms with Gasteiger partial charge in [-0.2, -0.15) is 0 Å². The first-order valence-electron chi connectivity index (χ1n) is 14.9. The number of aromatic nitrogens is 1. The molecule has 0 fully saturated rings. The highest BCUT2D eigenvalue weighted by atomic mass is 32.1. The lowest BCUT2D eigenvalue weighted by Gasteiger charge is -2.23. The zero-order chi connectivity index (χ0) is 29.8. The van der Waals surface area contributed by atoms with E-state index in [1.165, 1.54) is 16.9 Å². The summed E-state index contributed by atoms with van der Waals surface area (Å²) in [5.74, 6) is 0.451. The molecule has 0 bridgehead atoms. The fourth-order valence-electron chi connectivity index (χ4n) is 5.75. The minimum Gasteiger partial charge on any atom is -0.494 e. The third-order valence-electron chi connectivity index (χ3n) is 7.81. The van der Waals surface area contributed by atoms with Crippen molar-refractivity contribution in [2.24, 2.45) is 0 Å². The molecule has 6 rings (SSSR count). The van der Waals surface area contributed by atoms with Crippen LogP contribution in [-0.2, 0) is 17.6 Å². The van der Waals surface area contributed by atoms with Gasteiger partial charge in [-0.1, -0.05) is 67.6 Å². The number of esters is 1. The van der Waals surface area contributed by atoms with Crippen molar-refractivity contribution in [3.05, 3.63) is 112 Å². The van der Waals surface area contributed by atoms with Gasteiger partial charge < -0.3 is 14.8 Å². The van der Waals surface area contributed by atoms with Crippen molar-refractivity contribution in [1.82, 2.24) is 4.98 Å². The van der Waals surface area contributed by atoms with Crippen molar-refractivity contribution in [1.29, 1.82) is 0 Å². The van der Waals surface area contributed by atoms with Crippen LogP contribution in [0.5, 0.6) is 5.75 Å². The number of amides is 1. The van der Waals surface area contributed by atoms with Crippen LogP contribution in [0.15, 0.2) is 84.9 Å². The number of carbonyl (C=O) groups excluding carboxylic acids is 2. The largest absolute Gasteiger partial charge is 0.494 e. The smallest absolute Gasteiger partial charge is 0.341 e. The van der Waals surface area contributed by atoms with E-state index in [0.29, 0.717) is 39.9 Å². The van der Waals surface area contributed by atoms with Crippen LogP contribution in [0.4, 0.5) is 5.00 Å². The van der Waals surface area contributed by atoms with Crippen LogP contribution in [0.3, 0.4) is 0 Å². The van der Waals surface area contributed by atoms with E-state index in [0.717, 1.165) is 52.8 Å². The molecule has 0 spiro atoms. The van der Waals surface area contributed by atoms with E-state index in [1.54, 1.807) is 6.92 Å². The van der Waals surface area contributed by atoms with Gasteiger partial charge in [-0.15, -0.1) is 11.3 Å². The van der Waals surface area contributed by atoms with Gasteiger partial charge in [0.2, 0.25) is 0 Å². The molecule has 5 aromatic rings. The molecule has 3 aromatic carbocycles. The molecule has 2 aromatic heterocycles. The fourth-order valence-corrected chi connectivity index (χ4v) is 7.06. The molecule has 218 valence electrons. The van der Waals surface area contributed by atoms with Crippen LogP contribution in [0.2, 0.25) is 0 Å². The van der Waals surface area contributed by atoms with Crippen LogP contribution >= 0.6 is 11.3 Å². The summed E-state index contributed by atoms with van der Waals surface area (Å²) in [6.45, 7) is 4.76. The van der Waals surface area contributed by atoms with Gasteiger partial charge in [-0.3, -0.25) is 4.79 Å². The quantitative estimate of drug-likeness (QED) is 0.174. The minimum atomic E-state index is -0.391. The highest BCUT2D eigenvalue weighted by Crippen LogP contribution is 2.43. The highest BCUT2D eigenvalue weighted by molar-refractivity contribution is 7.17. The van der Waals surface area contributed by atoms with Gasteiger partial charge in [0.25, 0.3) is 5.91 Å². The van der Waals surface area contributed by atoms with E-state index >= 15 is 0 Å². The third-order valence-corrected chi connectivity index (χ3v) is 8.98. The van der Waals surface area contributed by atoms with Gasteiger partial charge in [0.15, 0.2) is 0 Å². The molecule has 1 N–H and O–H groups in total. The molecular weight excluding hydrogens is 556 g/mol. The Morgan fingerprint density at radius 2 is 1.79 bits per heavy atom. The molecule has 6 nitrogen and oxygen atoms in total. The van der Waals surface area contributed by atoms with E-state index in [1.807, 2.05) is 60.7 Å². The number of carbonyl (C=O) groups is 2. The molecular formula is C36H34N2O4S. The first-order chi connectivity index (χ1) is 21.1. The Morgan fingerprint density at radius 3 is 2.60 bits per heavy atom. The zero-order valence-electron chi connectivity index (χ0n) is 24.4. The second-order valence-electron chi connectivity index (χ2n) is 10.7. The zero-order valence-corrected chi connectivity index (χ0v) is 25.2. The van der Waals surface area contributed by atoms with Crippen molar-refractivity contribution in [2.45, 2.75) is 45.4 Å². The van der Waals surface area contributed by atoms with Crippen molar-refractivity contribution < 1.29 is 19.1 Å². The van der Waals surface area contributed by atoms with Crippen LogP contribution in [0, 0.1) is 0 Å². The number of hydrogen-bond acceptors (Lipinski definition) is 6. The number of fused-ring (bicyclic) bond motifs is 2. The average molecular weight is 591 g/mol. The first-order valence-corrected chi connectivity index (χ1v) is 15.7. The number of nitrogens with one attached hydrogen (secondary N) is 1. The van der Waals surface area contributed by atoms with E-state index in [9.17, 15) is 9.59 Å². The number of anilines is 1. The van der Waals surface area contributed by atoms with Crippen LogP contribution in [0.1, 0.15) is 69.3 Å². The Morgan fingerprint density at radius 1 is 0.977 bits per heavy atom. The lowest BCUT2D eigenvalue weighted by atomic mass is 9.83. The number of benzene rings is 3. The number of rotatable bonds is 9. The molecule has 1 aliphatic rings. The van der Waals surface area contributed by atoms with Gasteiger partial charge in [-0.25, -0.2) is 9.78 Å². The van der Waals surface area contributed by atoms with E-state index in [-0.39, 0.29) is 12.5 Å². The van der Waals surface area contributed by atoms with Crippen molar-refractivity contribution in [3.8, 4) is 17.0 Å². The molecule has 0 radical (unpaired) electrons. The van der Waals surface area contributed by atoms with E-state index in [2.05, 4.69) is 36.5 Å². The third kappa shape index (κ3) is 6.04. The molecule has 2 heterocycles. The monoisotopic (exact) mass is 590 g/mol. The maximum Gasteiger partial charge on any atom is 0.341 e. The summed E-state index contributed by atoms with van der Waals surface area (Å²) in [4.78, 5) is 33.3. The number of para-hydroxylation sites is 1. The number of nitrogens with zero attached hydrogens (tertiary/aromatic N) is 1. The summed E-state index contributed by atoms with van der Waals surface area (Å²) in [6.07, 6.45) is 3.43. The van der Waals surface area contributed by atoms with Crippen molar-refractivity contribution >= 4 is 39.1 Å². The lowest BCUT2D eigenvalue weighted by molar-refractivity contribution is 0.0526. The second-order valence-corrected chi connectivity index (χ2v) is 11.8. The van der Waals surface area contributed by atoms with Crippen molar-refractivity contribution in [2.75, 3.05) is 18.5 Å². The normalized spacial score (nSPS) is 14.2. The minimum absolute atomic E-state index is 0.267. The molecule has 1 atom stereocenters. The second kappa shape index (κ2) is 12.8.